The van der Waals surface area contributed by atoms with Gasteiger partial charge in [0.05, 0.1) is 17.9 Å². The smallest absolute Gasteiger partial charge is 0.234 e. The van der Waals surface area contributed by atoms with E-state index >= 15 is 0 Å². The van der Waals surface area contributed by atoms with E-state index < -0.39 is 0 Å². The van der Waals surface area contributed by atoms with Crippen molar-refractivity contribution in [3.05, 3.63) is 18.4 Å². The summed E-state index contributed by atoms with van der Waals surface area (Å²) in [5.41, 5.74) is 6.51. The van der Waals surface area contributed by atoms with Crippen molar-refractivity contribution >= 4 is 0 Å². The summed E-state index contributed by atoms with van der Waals surface area (Å²) in [7, 11) is 1.90. The maximum absolute atomic E-state index is 5.71. The molecule has 0 unspecified atom stereocenters. The van der Waals surface area contributed by atoms with Gasteiger partial charge >= 0.3 is 0 Å². The van der Waals surface area contributed by atoms with Crippen molar-refractivity contribution in [2.45, 2.75) is 18.3 Å². The average molecular weight is 219 g/mol. The molecule has 6 heteroatoms. The van der Waals surface area contributed by atoms with E-state index in [2.05, 4.69) is 15.1 Å². The van der Waals surface area contributed by atoms with Crippen molar-refractivity contribution in [3.63, 3.8) is 0 Å². The van der Waals surface area contributed by atoms with Crippen LogP contribution in [-0.2, 0) is 12.5 Å². The van der Waals surface area contributed by atoms with Crippen LogP contribution < -0.4 is 5.73 Å². The topological polar surface area (TPSA) is 82.8 Å². The van der Waals surface area contributed by atoms with E-state index in [-0.39, 0.29) is 5.41 Å². The normalized spacial score (nSPS) is 17.6. The van der Waals surface area contributed by atoms with E-state index in [0.29, 0.717) is 18.3 Å². The van der Waals surface area contributed by atoms with Gasteiger partial charge in [0, 0.05) is 13.6 Å². The Labute approximate surface area is 92.5 Å². The molecule has 2 aromatic heterocycles. The Bertz CT molecular complexity index is 511. The molecule has 2 aromatic rings. The molecular weight excluding hydrogens is 206 g/mol. The van der Waals surface area contributed by atoms with Gasteiger partial charge in [-0.1, -0.05) is 5.16 Å². The van der Waals surface area contributed by atoms with E-state index in [1.807, 2.05) is 11.6 Å². The number of rotatable bonds is 3. The van der Waals surface area contributed by atoms with Crippen molar-refractivity contribution in [2.75, 3.05) is 6.54 Å². The Kier molecular flexibility index (Phi) is 1.88. The summed E-state index contributed by atoms with van der Waals surface area (Å²) < 4.78 is 7.14. The molecule has 1 saturated carbocycles. The molecular formula is C10H13N5O. The highest BCUT2D eigenvalue weighted by atomic mass is 16.5. The lowest BCUT2D eigenvalue weighted by Gasteiger charge is -2.03. The summed E-state index contributed by atoms with van der Waals surface area (Å²) in [5, 5.41) is 3.97. The van der Waals surface area contributed by atoms with E-state index in [0.717, 1.165) is 18.5 Å². The second-order valence-electron chi connectivity index (χ2n) is 4.30. The van der Waals surface area contributed by atoms with Crippen LogP contribution >= 0.6 is 0 Å². The number of hydrogen-bond acceptors (Lipinski definition) is 5. The predicted molar refractivity (Wildman–Crippen MR) is 56.5 cm³/mol. The fourth-order valence-corrected chi connectivity index (χ4v) is 1.77. The number of aryl methyl sites for hydroxylation is 1. The first-order valence-corrected chi connectivity index (χ1v) is 5.26. The molecule has 0 radical (unpaired) electrons. The largest absolute Gasteiger partial charge is 0.338 e. The van der Waals surface area contributed by atoms with Crippen LogP contribution in [0, 0.1) is 0 Å². The van der Waals surface area contributed by atoms with Crippen LogP contribution in [0.2, 0.25) is 0 Å². The molecule has 84 valence electrons. The molecule has 2 heterocycles. The van der Waals surface area contributed by atoms with Gasteiger partial charge in [-0.3, -0.25) is 0 Å². The van der Waals surface area contributed by atoms with Crippen molar-refractivity contribution in [1.82, 2.24) is 19.7 Å². The zero-order chi connectivity index (χ0) is 11.2. The molecule has 6 nitrogen and oxygen atoms in total. The molecule has 0 aromatic carbocycles. The highest BCUT2D eigenvalue weighted by Crippen LogP contribution is 2.46. The number of nitrogens with two attached hydrogens (primary N) is 1. The zero-order valence-corrected chi connectivity index (χ0v) is 9.05. The summed E-state index contributed by atoms with van der Waals surface area (Å²) >= 11 is 0. The SMILES string of the molecule is Cn1cncc1-c1noc(C2(CN)CC2)n1. The Morgan fingerprint density at radius 1 is 1.56 bits per heavy atom. The predicted octanol–water partition coefficient (Wildman–Crippen LogP) is 0.460. The minimum absolute atomic E-state index is 0.0517. The van der Waals surface area contributed by atoms with Gasteiger partial charge in [0.2, 0.25) is 11.7 Å². The Hall–Kier alpha value is -1.69. The Balaban J connectivity index is 1.97. The van der Waals surface area contributed by atoms with E-state index in [1.165, 1.54) is 0 Å². The van der Waals surface area contributed by atoms with Gasteiger partial charge in [0.15, 0.2) is 0 Å². The molecule has 0 aliphatic heterocycles. The minimum atomic E-state index is -0.0517. The molecule has 1 aliphatic carbocycles. The summed E-state index contributed by atoms with van der Waals surface area (Å²) in [4.78, 5) is 8.42. The lowest BCUT2D eigenvalue weighted by molar-refractivity contribution is 0.347. The van der Waals surface area contributed by atoms with Crippen LogP contribution in [0.1, 0.15) is 18.7 Å². The molecule has 1 aliphatic rings. The van der Waals surface area contributed by atoms with Crippen molar-refractivity contribution in [3.8, 4) is 11.5 Å². The first kappa shape index (κ1) is 9.53. The highest BCUT2D eigenvalue weighted by Gasteiger charge is 2.48. The van der Waals surface area contributed by atoms with Crippen LogP contribution in [0.4, 0.5) is 0 Å². The second-order valence-corrected chi connectivity index (χ2v) is 4.30. The van der Waals surface area contributed by atoms with E-state index in [9.17, 15) is 0 Å². The van der Waals surface area contributed by atoms with E-state index in [1.54, 1.807) is 12.5 Å². The third-order valence-corrected chi connectivity index (χ3v) is 3.17. The molecule has 2 N–H and O–H groups in total. The summed E-state index contributed by atoms with van der Waals surface area (Å²) in [6.07, 6.45) is 5.50. The van der Waals surface area contributed by atoms with Crippen LogP contribution in [0.15, 0.2) is 17.0 Å². The van der Waals surface area contributed by atoms with Gasteiger partial charge in [-0.05, 0) is 12.8 Å². The van der Waals surface area contributed by atoms with Crippen molar-refractivity contribution < 1.29 is 4.52 Å². The van der Waals surface area contributed by atoms with Gasteiger partial charge in [0.25, 0.3) is 0 Å². The number of hydrogen-bond donors (Lipinski definition) is 1. The number of aromatic nitrogens is 4. The maximum Gasteiger partial charge on any atom is 0.234 e. The quantitative estimate of drug-likeness (QED) is 0.810. The number of nitrogens with zero attached hydrogens (tertiary/aromatic N) is 4. The van der Waals surface area contributed by atoms with Gasteiger partial charge in [-0.2, -0.15) is 4.98 Å². The van der Waals surface area contributed by atoms with Crippen molar-refractivity contribution in [2.24, 2.45) is 12.8 Å². The first-order valence-electron chi connectivity index (χ1n) is 5.26. The molecule has 3 rings (SSSR count). The molecule has 0 saturated heterocycles. The van der Waals surface area contributed by atoms with Gasteiger partial charge in [-0.25, -0.2) is 4.98 Å². The van der Waals surface area contributed by atoms with Crippen LogP contribution in [0.5, 0.6) is 0 Å². The standard InChI is InChI=1S/C10H13N5O/c1-15-6-12-4-7(15)8-13-9(16-14-8)10(5-11)2-3-10/h4,6H,2-3,5,11H2,1H3. The second kappa shape index (κ2) is 3.15. The fourth-order valence-electron chi connectivity index (χ4n) is 1.77. The molecule has 0 spiro atoms. The third kappa shape index (κ3) is 1.26. The van der Waals surface area contributed by atoms with Crippen LogP contribution in [-0.4, -0.2) is 26.2 Å². The molecule has 1 fully saturated rings. The summed E-state index contributed by atoms with van der Waals surface area (Å²) in [5.74, 6) is 1.24. The molecule has 0 bridgehead atoms. The molecule has 0 atom stereocenters. The van der Waals surface area contributed by atoms with Gasteiger partial charge in [-0.15, -0.1) is 0 Å². The van der Waals surface area contributed by atoms with Crippen LogP contribution in [0.3, 0.4) is 0 Å². The monoisotopic (exact) mass is 219 g/mol. The fraction of sp³-hybridized carbons (Fsp3) is 0.500. The number of imidazole rings is 1. The lowest BCUT2D eigenvalue weighted by atomic mass is 10.1. The minimum Gasteiger partial charge on any atom is -0.338 e. The van der Waals surface area contributed by atoms with Gasteiger partial charge < -0.3 is 14.8 Å². The molecule has 16 heavy (non-hydrogen) atoms. The van der Waals surface area contributed by atoms with Crippen molar-refractivity contribution in [1.29, 1.82) is 0 Å². The third-order valence-electron chi connectivity index (χ3n) is 3.17. The first-order chi connectivity index (χ1) is 7.75. The highest BCUT2D eigenvalue weighted by molar-refractivity contribution is 5.47. The van der Waals surface area contributed by atoms with Gasteiger partial charge in [0.1, 0.15) is 5.69 Å². The Morgan fingerprint density at radius 2 is 2.38 bits per heavy atom. The molecule has 0 amide bonds. The van der Waals surface area contributed by atoms with Crippen LogP contribution in [0.25, 0.3) is 11.5 Å². The summed E-state index contributed by atoms with van der Waals surface area (Å²) in [6, 6.07) is 0. The lowest BCUT2D eigenvalue weighted by Crippen LogP contribution is -2.19. The Morgan fingerprint density at radius 3 is 2.94 bits per heavy atom. The zero-order valence-electron chi connectivity index (χ0n) is 9.05. The summed E-state index contributed by atoms with van der Waals surface area (Å²) in [6.45, 7) is 0.569. The average Bonchev–Trinajstić information content (AvgIpc) is 2.72. The maximum atomic E-state index is 5.71. The van der Waals surface area contributed by atoms with E-state index in [4.69, 9.17) is 10.3 Å².